The van der Waals surface area contributed by atoms with E-state index >= 15 is 0 Å². The van der Waals surface area contributed by atoms with Crippen LogP contribution in [-0.2, 0) is 11.3 Å². The predicted molar refractivity (Wildman–Crippen MR) is 79.3 cm³/mol. The maximum atomic E-state index is 10.6. The zero-order valence-corrected chi connectivity index (χ0v) is 12.3. The Kier molecular flexibility index (Phi) is 4.77. The molecule has 1 aliphatic heterocycles. The molecule has 1 aromatic rings. The molecule has 2 atom stereocenters. The number of carbonyl (C=O) groups is 1. The molecule has 0 aliphatic carbocycles. The van der Waals surface area contributed by atoms with Crippen molar-refractivity contribution in [1.82, 2.24) is 4.90 Å². The fourth-order valence-corrected chi connectivity index (χ4v) is 3.51. The molecule has 1 saturated heterocycles. The maximum absolute atomic E-state index is 10.6. The topological polar surface area (TPSA) is 40.5 Å². The summed E-state index contributed by atoms with van der Waals surface area (Å²) in [5.74, 6) is -0.149. The van der Waals surface area contributed by atoms with E-state index in [2.05, 4.69) is 18.7 Å². The number of rotatable bonds is 4. The molecular formula is C15H21NO2S. The van der Waals surface area contributed by atoms with Crippen molar-refractivity contribution in [3.8, 4) is 0 Å². The Hall–Kier alpha value is -1.13. The highest BCUT2D eigenvalue weighted by Gasteiger charge is 2.25. The van der Waals surface area contributed by atoms with Crippen LogP contribution in [0.5, 0.6) is 0 Å². The lowest BCUT2D eigenvalue weighted by atomic mass is 9.92. The lowest BCUT2D eigenvalue weighted by molar-refractivity contribution is -0.131. The van der Waals surface area contributed by atoms with Gasteiger partial charge in [-0.2, -0.15) is 0 Å². The van der Waals surface area contributed by atoms with Crippen LogP contribution >= 0.6 is 11.3 Å². The highest BCUT2D eigenvalue weighted by molar-refractivity contribution is 7.10. The Morgan fingerprint density at radius 1 is 1.58 bits per heavy atom. The van der Waals surface area contributed by atoms with Gasteiger partial charge in [-0.25, -0.2) is 4.79 Å². The molecular weight excluding hydrogens is 258 g/mol. The van der Waals surface area contributed by atoms with Gasteiger partial charge in [0, 0.05) is 23.5 Å². The molecule has 3 nitrogen and oxygen atoms in total. The molecule has 2 unspecified atom stereocenters. The van der Waals surface area contributed by atoms with Gasteiger partial charge in [0.05, 0.1) is 0 Å². The first-order chi connectivity index (χ1) is 9.08. The highest BCUT2D eigenvalue weighted by Crippen LogP contribution is 2.27. The van der Waals surface area contributed by atoms with Crippen LogP contribution in [0, 0.1) is 5.92 Å². The van der Waals surface area contributed by atoms with E-state index in [-0.39, 0.29) is 0 Å². The number of nitrogens with zero attached hydrogens (tertiary/aromatic N) is 1. The summed E-state index contributed by atoms with van der Waals surface area (Å²) >= 11 is 1.71. The Bertz CT molecular complexity index is 466. The number of thiophene rings is 1. The van der Waals surface area contributed by atoms with Crippen LogP contribution in [0.1, 0.15) is 37.1 Å². The van der Waals surface area contributed by atoms with E-state index in [1.54, 1.807) is 17.4 Å². The van der Waals surface area contributed by atoms with Crippen LogP contribution in [0.2, 0.25) is 0 Å². The summed E-state index contributed by atoms with van der Waals surface area (Å²) in [5, 5.41) is 10.7. The van der Waals surface area contributed by atoms with E-state index in [4.69, 9.17) is 5.11 Å². The van der Waals surface area contributed by atoms with Gasteiger partial charge in [0.25, 0.3) is 0 Å². The number of piperidine rings is 1. The zero-order chi connectivity index (χ0) is 13.8. The van der Waals surface area contributed by atoms with E-state index in [0.29, 0.717) is 6.04 Å². The third kappa shape index (κ3) is 3.67. The molecule has 1 N–H and O–H groups in total. The van der Waals surface area contributed by atoms with Crippen molar-refractivity contribution in [2.45, 2.75) is 39.3 Å². The fourth-order valence-electron chi connectivity index (χ4n) is 2.62. The largest absolute Gasteiger partial charge is 0.478 e. The molecule has 2 heterocycles. The SMILES string of the molecule is CC1CCCN(Cc2sccc2C=CC(=O)O)C1C. The average molecular weight is 279 g/mol. The molecule has 19 heavy (non-hydrogen) atoms. The summed E-state index contributed by atoms with van der Waals surface area (Å²) in [6.45, 7) is 6.69. The number of carboxylic acid groups (broad SMARTS) is 1. The molecule has 2 rings (SSSR count). The van der Waals surface area contributed by atoms with Gasteiger partial charge in [-0.05, 0) is 55.3 Å². The minimum atomic E-state index is -0.892. The van der Waals surface area contributed by atoms with Crippen LogP contribution in [0.4, 0.5) is 0 Å². The lowest BCUT2D eigenvalue weighted by Crippen LogP contribution is -2.41. The first-order valence-electron chi connectivity index (χ1n) is 6.79. The molecule has 0 bridgehead atoms. The van der Waals surface area contributed by atoms with Crippen LogP contribution in [0.25, 0.3) is 6.08 Å². The average Bonchev–Trinajstić information content (AvgIpc) is 2.80. The minimum absolute atomic E-state index is 0.604. The van der Waals surface area contributed by atoms with Crippen molar-refractivity contribution in [3.63, 3.8) is 0 Å². The molecule has 4 heteroatoms. The summed E-state index contributed by atoms with van der Waals surface area (Å²) in [5.41, 5.74) is 1.04. The van der Waals surface area contributed by atoms with E-state index in [0.717, 1.165) is 24.6 Å². The summed E-state index contributed by atoms with van der Waals surface area (Å²) < 4.78 is 0. The zero-order valence-electron chi connectivity index (χ0n) is 11.5. The van der Waals surface area contributed by atoms with E-state index < -0.39 is 5.97 Å². The lowest BCUT2D eigenvalue weighted by Gasteiger charge is -2.37. The molecule has 1 fully saturated rings. The standard InChI is InChI=1S/C15H21NO2S/c1-11-4-3-8-16(12(11)2)10-14-13(7-9-19-14)5-6-15(17)18/h5-7,9,11-12H,3-4,8,10H2,1-2H3,(H,17,18). The summed E-state index contributed by atoms with van der Waals surface area (Å²) in [7, 11) is 0. The van der Waals surface area contributed by atoms with Crippen molar-refractivity contribution >= 4 is 23.4 Å². The van der Waals surface area contributed by atoms with Crippen LogP contribution < -0.4 is 0 Å². The third-order valence-corrected chi connectivity index (χ3v) is 4.96. The second-order valence-corrected chi connectivity index (χ2v) is 6.30. The van der Waals surface area contributed by atoms with E-state index in [1.807, 2.05) is 11.4 Å². The number of hydrogen-bond donors (Lipinski definition) is 1. The first-order valence-corrected chi connectivity index (χ1v) is 7.67. The molecule has 0 radical (unpaired) electrons. The molecule has 104 valence electrons. The predicted octanol–water partition coefficient (Wildman–Crippen LogP) is 3.47. The van der Waals surface area contributed by atoms with E-state index in [9.17, 15) is 4.79 Å². The second-order valence-electron chi connectivity index (χ2n) is 5.30. The van der Waals surface area contributed by atoms with Crippen LogP contribution in [0.15, 0.2) is 17.5 Å². The number of hydrogen-bond acceptors (Lipinski definition) is 3. The van der Waals surface area contributed by atoms with Crippen molar-refractivity contribution in [2.75, 3.05) is 6.54 Å². The molecule has 0 amide bonds. The van der Waals surface area contributed by atoms with Gasteiger partial charge in [-0.3, -0.25) is 4.90 Å². The summed E-state index contributed by atoms with van der Waals surface area (Å²) in [6.07, 6.45) is 5.49. The monoisotopic (exact) mass is 279 g/mol. The molecule has 0 saturated carbocycles. The minimum Gasteiger partial charge on any atom is -0.478 e. The fraction of sp³-hybridized carbons (Fsp3) is 0.533. The normalized spacial score (nSPS) is 24.9. The Labute approximate surface area is 118 Å². The second kappa shape index (κ2) is 6.35. The third-order valence-electron chi connectivity index (χ3n) is 4.04. The number of likely N-dealkylation sites (tertiary alicyclic amines) is 1. The Balaban J connectivity index is 2.07. The van der Waals surface area contributed by atoms with Gasteiger partial charge in [-0.15, -0.1) is 11.3 Å². The Morgan fingerprint density at radius 3 is 3.11 bits per heavy atom. The molecule has 0 spiro atoms. The summed E-state index contributed by atoms with van der Waals surface area (Å²) in [6, 6.07) is 2.60. The highest BCUT2D eigenvalue weighted by atomic mass is 32.1. The van der Waals surface area contributed by atoms with Crippen molar-refractivity contribution in [3.05, 3.63) is 28.0 Å². The van der Waals surface area contributed by atoms with E-state index in [1.165, 1.54) is 23.8 Å². The van der Waals surface area contributed by atoms with Crippen molar-refractivity contribution in [2.24, 2.45) is 5.92 Å². The first kappa shape index (κ1) is 14.3. The molecule has 1 aliphatic rings. The van der Waals surface area contributed by atoms with Gasteiger partial charge < -0.3 is 5.11 Å². The number of carboxylic acids is 1. The van der Waals surface area contributed by atoms with Crippen molar-refractivity contribution < 1.29 is 9.90 Å². The van der Waals surface area contributed by atoms with Gasteiger partial charge in [0.2, 0.25) is 0 Å². The van der Waals surface area contributed by atoms with Crippen LogP contribution in [-0.4, -0.2) is 28.6 Å². The van der Waals surface area contributed by atoms with Gasteiger partial charge in [-0.1, -0.05) is 6.92 Å². The Morgan fingerprint density at radius 2 is 2.37 bits per heavy atom. The molecule has 0 aromatic carbocycles. The van der Waals surface area contributed by atoms with Gasteiger partial charge in [0.1, 0.15) is 0 Å². The van der Waals surface area contributed by atoms with Crippen molar-refractivity contribution in [1.29, 1.82) is 0 Å². The number of aliphatic carboxylic acids is 1. The summed E-state index contributed by atoms with van der Waals surface area (Å²) in [4.78, 5) is 14.4. The maximum Gasteiger partial charge on any atom is 0.328 e. The molecule has 1 aromatic heterocycles. The quantitative estimate of drug-likeness (QED) is 0.858. The van der Waals surface area contributed by atoms with Gasteiger partial charge in [0.15, 0.2) is 0 Å². The van der Waals surface area contributed by atoms with Crippen LogP contribution in [0.3, 0.4) is 0 Å². The van der Waals surface area contributed by atoms with Gasteiger partial charge >= 0.3 is 5.97 Å². The smallest absolute Gasteiger partial charge is 0.328 e.